The SMILES string of the molecule is C[C@H]1OCC[C@@H]1NCCOc1ccc(C#N)cc1. The standard InChI is InChI=1S/C14H18N2O2/c1-11-14(6-8-17-11)16-7-9-18-13-4-2-12(10-15)3-5-13/h2-5,11,14,16H,6-9H2,1H3/t11-,14+/m1/s1. The van der Waals surface area contributed by atoms with E-state index >= 15 is 0 Å². The first kappa shape index (κ1) is 12.9. The minimum atomic E-state index is 0.292. The predicted octanol–water partition coefficient (Wildman–Crippen LogP) is 1.70. The summed E-state index contributed by atoms with van der Waals surface area (Å²) in [7, 11) is 0. The first-order valence-corrected chi connectivity index (χ1v) is 6.27. The van der Waals surface area contributed by atoms with E-state index in [1.54, 1.807) is 12.1 Å². The first-order valence-electron chi connectivity index (χ1n) is 6.27. The molecule has 1 N–H and O–H groups in total. The van der Waals surface area contributed by atoms with Crippen LogP contribution in [0.15, 0.2) is 24.3 Å². The first-order chi connectivity index (χ1) is 8.79. The van der Waals surface area contributed by atoms with Gasteiger partial charge >= 0.3 is 0 Å². The average Bonchev–Trinajstić information content (AvgIpc) is 2.81. The van der Waals surface area contributed by atoms with Crippen molar-refractivity contribution in [3.8, 4) is 11.8 Å². The third-order valence-corrected chi connectivity index (χ3v) is 3.14. The zero-order chi connectivity index (χ0) is 12.8. The van der Waals surface area contributed by atoms with E-state index in [0.717, 1.165) is 25.3 Å². The van der Waals surface area contributed by atoms with Crippen LogP contribution in [-0.4, -0.2) is 31.9 Å². The van der Waals surface area contributed by atoms with Crippen LogP contribution in [0.1, 0.15) is 18.9 Å². The summed E-state index contributed by atoms with van der Waals surface area (Å²) in [6.45, 7) is 4.36. The van der Waals surface area contributed by atoms with Gasteiger partial charge in [-0.2, -0.15) is 5.26 Å². The molecule has 4 heteroatoms. The van der Waals surface area contributed by atoms with Crippen LogP contribution in [0.4, 0.5) is 0 Å². The van der Waals surface area contributed by atoms with Crippen molar-refractivity contribution in [2.45, 2.75) is 25.5 Å². The largest absolute Gasteiger partial charge is 0.492 e. The van der Waals surface area contributed by atoms with Crippen LogP contribution < -0.4 is 10.1 Å². The Morgan fingerprint density at radius 1 is 1.44 bits per heavy atom. The molecule has 1 aliphatic rings. The Hall–Kier alpha value is -1.57. The topological polar surface area (TPSA) is 54.3 Å². The molecule has 2 atom stereocenters. The minimum Gasteiger partial charge on any atom is -0.492 e. The molecule has 0 bridgehead atoms. The summed E-state index contributed by atoms with van der Waals surface area (Å²) in [6, 6.07) is 9.68. The molecular formula is C14H18N2O2. The Morgan fingerprint density at radius 3 is 2.83 bits per heavy atom. The number of hydrogen-bond donors (Lipinski definition) is 1. The maximum Gasteiger partial charge on any atom is 0.119 e. The monoisotopic (exact) mass is 246 g/mol. The van der Waals surface area contributed by atoms with Gasteiger partial charge < -0.3 is 14.8 Å². The van der Waals surface area contributed by atoms with Gasteiger partial charge in [-0.15, -0.1) is 0 Å². The molecule has 1 saturated heterocycles. The fourth-order valence-corrected chi connectivity index (χ4v) is 2.04. The lowest BCUT2D eigenvalue weighted by Gasteiger charge is -2.16. The van der Waals surface area contributed by atoms with Crippen LogP contribution in [-0.2, 0) is 4.74 Å². The van der Waals surface area contributed by atoms with Gasteiger partial charge in [-0.25, -0.2) is 0 Å². The third kappa shape index (κ3) is 3.46. The number of nitrogens with one attached hydrogen (secondary N) is 1. The normalized spacial score (nSPS) is 22.7. The quantitative estimate of drug-likeness (QED) is 0.803. The average molecular weight is 246 g/mol. The van der Waals surface area contributed by atoms with Crippen LogP contribution in [0, 0.1) is 11.3 Å². The van der Waals surface area contributed by atoms with Gasteiger partial charge in [0, 0.05) is 19.2 Å². The summed E-state index contributed by atoms with van der Waals surface area (Å²) in [6.07, 6.45) is 1.36. The second kappa shape index (κ2) is 6.39. The van der Waals surface area contributed by atoms with E-state index in [1.165, 1.54) is 0 Å². The lowest BCUT2D eigenvalue weighted by atomic mass is 10.1. The second-order valence-corrected chi connectivity index (χ2v) is 4.41. The number of rotatable bonds is 5. The summed E-state index contributed by atoms with van der Waals surface area (Å²) in [4.78, 5) is 0. The van der Waals surface area contributed by atoms with E-state index in [1.807, 2.05) is 12.1 Å². The van der Waals surface area contributed by atoms with Crippen LogP contribution in [0.5, 0.6) is 5.75 Å². The van der Waals surface area contributed by atoms with Crippen molar-refractivity contribution in [2.75, 3.05) is 19.8 Å². The molecule has 0 aromatic heterocycles. The van der Waals surface area contributed by atoms with Gasteiger partial charge in [0.05, 0.1) is 17.7 Å². The van der Waals surface area contributed by atoms with Gasteiger partial charge in [0.2, 0.25) is 0 Å². The summed E-state index contributed by atoms with van der Waals surface area (Å²) in [5.74, 6) is 0.798. The highest BCUT2D eigenvalue weighted by molar-refractivity contribution is 5.34. The van der Waals surface area contributed by atoms with Crippen molar-refractivity contribution in [3.05, 3.63) is 29.8 Å². The van der Waals surface area contributed by atoms with Gasteiger partial charge in [-0.05, 0) is 37.6 Å². The molecule has 1 heterocycles. The Bertz CT molecular complexity index is 411. The van der Waals surface area contributed by atoms with Crippen molar-refractivity contribution in [2.24, 2.45) is 0 Å². The summed E-state index contributed by atoms with van der Waals surface area (Å²) in [5, 5.41) is 12.1. The van der Waals surface area contributed by atoms with Gasteiger partial charge in [-0.3, -0.25) is 0 Å². The van der Waals surface area contributed by atoms with E-state index < -0.39 is 0 Å². The Labute approximate surface area is 108 Å². The maximum atomic E-state index is 8.68. The molecule has 4 nitrogen and oxygen atoms in total. The van der Waals surface area contributed by atoms with Crippen molar-refractivity contribution in [1.29, 1.82) is 5.26 Å². The van der Waals surface area contributed by atoms with Crippen molar-refractivity contribution in [1.82, 2.24) is 5.32 Å². The van der Waals surface area contributed by atoms with Crippen LogP contribution >= 0.6 is 0 Å². The molecule has 0 aliphatic carbocycles. The van der Waals surface area contributed by atoms with E-state index in [2.05, 4.69) is 18.3 Å². The lowest BCUT2D eigenvalue weighted by Crippen LogP contribution is -2.37. The van der Waals surface area contributed by atoms with Crippen LogP contribution in [0.3, 0.4) is 0 Å². The minimum absolute atomic E-state index is 0.292. The number of nitriles is 1. The van der Waals surface area contributed by atoms with Gasteiger partial charge in [0.15, 0.2) is 0 Å². The van der Waals surface area contributed by atoms with E-state index in [4.69, 9.17) is 14.7 Å². The molecule has 96 valence electrons. The molecule has 1 aromatic rings. The molecule has 0 unspecified atom stereocenters. The highest BCUT2D eigenvalue weighted by atomic mass is 16.5. The fourth-order valence-electron chi connectivity index (χ4n) is 2.04. The zero-order valence-electron chi connectivity index (χ0n) is 10.6. The molecule has 18 heavy (non-hydrogen) atoms. The van der Waals surface area contributed by atoms with Gasteiger partial charge in [0.25, 0.3) is 0 Å². The summed E-state index contributed by atoms with van der Waals surface area (Å²) >= 11 is 0. The number of nitrogens with zero attached hydrogens (tertiary/aromatic N) is 1. The number of benzene rings is 1. The molecule has 0 amide bonds. The van der Waals surface area contributed by atoms with Crippen molar-refractivity contribution >= 4 is 0 Å². The van der Waals surface area contributed by atoms with E-state index in [0.29, 0.717) is 24.3 Å². The highest BCUT2D eigenvalue weighted by Crippen LogP contribution is 2.13. The second-order valence-electron chi connectivity index (χ2n) is 4.41. The van der Waals surface area contributed by atoms with Crippen molar-refractivity contribution < 1.29 is 9.47 Å². The molecule has 0 spiro atoms. The molecule has 2 rings (SSSR count). The van der Waals surface area contributed by atoms with Gasteiger partial charge in [0.1, 0.15) is 12.4 Å². The molecule has 1 aliphatic heterocycles. The number of hydrogen-bond acceptors (Lipinski definition) is 4. The lowest BCUT2D eigenvalue weighted by molar-refractivity contribution is 0.112. The Morgan fingerprint density at radius 2 is 2.22 bits per heavy atom. The molecule has 0 radical (unpaired) electrons. The molecular weight excluding hydrogens is 228 g/mol. The van der Waals surface area contributed by atoms with E-state index in [9.17, 15) is 0 Å². The Balaban J connectivity index is 1.67. The number of ether oxygens (including phenoxy) is 2. The van der Waals surface area contributed by atoms with Crippen LogP contribution in [0.25, 0.3) is 0 Å². The fraction of sp³-hybridized carbons (Fsp3) is 0.500. The van der Waals surface area contributed by atoms with E-state index in [-0.39, 0.29) is 0 Å². The Kier molecular flexibility index (Phi) is 4.57. The highest BCUT2D eigenvalue weighted by Gasteiger charge is 2.22. The van der Waals surface area contributed by atoms with Gasteiger partial charge in [-0.1, -0.05) is 0 Å². The third-order valence-electron chi connectivity index (χ3n) is 3.14. The smallest absolute Gasteiger partial charge is 0.119 e. The van der Waals surface area contributed by atoms with Crippen LogP contribution in [0.2, 0.25) is 0 Å². The molecule has 1 fully saturated rings. The zero-order valence-corrected chi connectivity index (χ0v) is 10.6. The summed E-state index contributed by atoms with van der Waals surface area (Å²) in [5.41, 5.74) is 0.650. The molecule has 1 aromatic carbocycles. The molecule has 0 saturated carbocycles. The predicted molar refractivity (Wildman–Crippen MR) is 68.5 cm³/mol. The maximum absolute atomic E-state index is 8.68. The van der Waals surface area contributed by atoms with Crippen molar-refractivity contribution in [3.63, 3.8) is 0 Å². The summed E-state index contributed by atoms with van der Waals surface area (Å²) < 4.78 is 11.1.